The normalized spacial score (nSPS) is 10.7. The van der Waals surface area contributed by atoms with Gasteiger partial charge in [0.25, 0.3) is 0 Å². The number of nitrogens with zero attached hydrogens (tertiary/aromatic N) is 1. The van der Waals surface area contributed by atoms with Crippen LogP contribution in [0, 0.1) is 6.92 Å². The molecule has 134 valence electrons. The van der Waals surface area contributed by atoms with Gasteiger partial charge in [-0.25, -0.2) is 0 Å². The van der Waals surface area contributed by atoms with Crippen molar-refractivity contribution in [3.8, 4) is 0 Å². The number of carbonyl (C=O) groups is 2. The topological polar surface area (TPSA) is 62.4 Å². The van der Waals surface area contributed by atoms with E-state index in [-0.39, 0.29) is 18.9 Å². The Morgan fingerprint density at radius 1 is 1.04 bits per heavy atom. The lowest BCUT2D eigenvalue weighted by Gasteiger charge is -2.22. The van der Waals surface area contributed by atoms with Crippen LogP contribution in [0.25, 0.3) is 10.9 Å². The number of ether oxygens (including phenoxy) is 1. The largest absolute Gasteiger partial charge is 0.468 e. The third kappa shape index (κ3) is 3.94. The van der Waals surface area contributed by atoms with Crippen molar-refractivity contribution in [2.45, 2.75) is 19.9 Å². The molecule has 1 amide bonds. The summed E-state index contributed by atoms with van der Waals surface area (Å²) in [7, 11) is 1.33. The summed E-state index contributed by atoms with van der Waals surface area (Å²) in [6.45, 7) is 2.31. The Balaban J connectivity index is 1.82. The first kappa shape index (κ1) is 17.7. The van der Waals surface area contributed by atoms with Crippen molar-refractivity contribution in [2.24, 2.45) is 0 Å². The number of aromatic nitrogens is 1. The van der Waals surface area contributed by atoms with E-state index in [4.69, 9.17) is 4.74 Å². The molecule has 1 aromatic heterocycles. The highest BCUT2D eigenvalue weighted by atomic mass is 16.5. The number of H-pyrrole nitrogens is 1. The van der Waals surface area contributed by atoms with Crippen LogP contribution in [0.1, 0.15) is 16.7 Å². The Morgan fingerprint density at radius 3 is 2.54 bits per heavy atom. The quantitative estimate of drug-likeness (QED) is 0.694. The lowest BCUT2D eigenvalue weighted by atomic mass is 10.1. The van der Waals surface area contributed by atoms with Crippen LogP contribution in [0.3, 0.4) is 0 Å². The first-order valence-corrected chi connectivity index (χ1v) is 8.52. The van der Waals surface area contributed by atoms with Gasteiger partial charge >= 0.3 is 5.97 Å². The highest BCUT2D eigenvalue weighted by molar-refractivity contribution is 5.90. The van der Waals surface area contributed by atoms with Gasteiger partial charge in [0.15, 0.2) is 0 Å². The molecule has 0 atom stereocenters. The summed E-state index contributed by atoms with van der Waals surface area (Å²) in [6.07, 6.45) is 2.08. The molecule has 0 aliphatic rings. The maximum Gasteiger partial charge on any atom is 0.325 e. The number of carbonyl (C=O) groups excluding carboxylic acids is 2. The number of hydrogen-bond acceptors (Lipinski definition) is 3. The number of rotatable bonds is 6. The molecule has 0 aliphatic heterocycles. The molecule has 0 fully saturated rings. The minimum Gasteiger partial charge on any atom is -0.468 e. The first-order valence-electron chi connectivity index (χ1n) is 8.52. The van der Waals surface area contributed by atoms with Gasteiger partial charge in [0.2, 0.25) is 5.91 Å². The SMILES string of the molecule is COC(=O)CN(Cc1ccccc1C)C(=O)Cc1c[nH]c2ccccc12. The van der Waals surface area contributed by atoms with Gasteiger partial charge in [-0.05, 0) is 29.7 Å². The fourth-order valence-corrected chi connectivity index (χ4v) is 3.00. The third-order valence-corrected chi connectivity index (χ3v) is 4.54. The van der Waals surface area contributed by atoms with Gasteiger partial charge in [-0.3, -0.25) is 9.59 Å². The summed E-state index contributed by atoms with van der Waals surface area (Å²) < 4.78 is 4.77. The summed E-state index contributed by atoms with van der Waals surface area (Å²) in [5.41, 5.74) is 4.02. The Bertz CT molecular complexity index is 930. The van der Waals surface area contributed by atoms with E-state index >= 15 is 0 Å². The molecule has 1 N–H and O–H groups in total. The number of esters is 1. The fraction of sp³-hybridized carbons (Fsp3) is 0.238. The lowest BCUT2D eigenvalue weighted by Crippen LogP contribution is -2.36. The number of aryl methyl sites for hydroxylation is 1. The Kier molecular flexibility index (Phi) is 5.37. The van der Waals surface area contributed by atoms with Gasteiger partial charge in [0.1, 0.15) is 6.54 Å². The molecule has 0 saturated heterocycles. The van der Waals surface area contributed by atoms with E-state index in [9.17, 15) is 9.59 Å². The Hall–Kier alpha value is -3.08. The molecule has 26 heavy (non-hydrogen) atoms. The van der Waals surface area contributed by atoms with Crippen LogP contribution < -0.4 is 0 Å². The van der Waals surface area contributed by atoms with Gasteiger partial charge in [-0.15, -0.1) is 0 Å². The zero-order chi connectivity index (χ0) is 18.5. The van der Waals surface area contributed by atoms with E-state index in [1.54, 1.807) is 4.90 Å². The number of aromatic amines is 1. The average molecular weight is 350 g/mol. The molecule has 3 rings (SSSR count). The fourth-order valence-electron chi connectivity index (χ4n) is 3.00. The van der Waals surface area contributed by atoms with Crippen LogP contribution in [0.4, 0.5) is 0 Å². The maximum absolute atomic E-state index is 12.9. The molecule has 1 heterocycles. The molecule has 0 aliphatic carbocycles. The van der Waals surface area contributed by atoms with Crippen LogP contribution in [-0.4, -0.2) is 35.4 Å². The van der Waals surface area contributed by atoms with Crippen LogP contribution in [0.15, 0.2) is 54.7 Å². The summed E-state index contributed by atoms with van der Waals surface area (Å²) in [5, 5.41) is 1.02. The Morgan fingerprint density at radius 2 is 1.77 bits per heavy atom. The monoisotopic (exact) mass is 350 g/mol. The van der Waals surface area contributed by atoms with Crippen LogP contribution >= 0.6 is 0 Å². The molecular formula is C21H22N2O3. The maximum atomic E-state index is 12.9. The van der Waals surface area contributed by atoms with Crippen LogP contribution in [0.2, 0.25) is 0 Å². The molecular weight excluding hydrogens is 328 g/mol. The molecule has 0 radical (unpaired) electrons. The molecule has 2 aromatic carbocycles. The van der Waals surface area contributed by atoms with Gasteiger partial charge in [0, 0.05) is 23.6 Å². The minimum absolute atomic E-state index is 0.0635. The van der Waals surface area contributed by atoms with Gasteiger partial charge < -0.3 is 14.6 Å². The molecule has 5 nitrogen and oxygen atoms in total. The second kappa shape index (κ2) is 7.87. The second-order valence-electron chi connectivity index (χ2n) is 6.29. The number of para-hydroxylation sites is 1. The van der Waals surface area contributed by atoms with Crippen molar-refractivity contribution in [1.29, 1.82) is 0 Å². The van der Waals surface area contributed by atoms with Crippen LogP contribution in [0.5, 0.6) is 0 Å². The standard InChI is InChI=1S/C21H22N2O3/c1-15-7-3-4-8-16(15)13-23(14-21(25)26-2)20(24)11-17-12-22-19-10-6-5-9-18(17)19/h3-10,12,22H,11,13-14H2,1-2H3. The van der Waals surface area contributed by atoms with Gasteiger partial charge in [0.05, 0.1) is 13.5 Å². The smallest absolute Gasteiger partial charge is 0.325 e. The predicted molar refractivity (Wildman–Crippen MR) is 101 cm³/mol. The van der Waals surface area contributed by atoms with E-state index in [1.165, 1.54) is 7.11 Å². The van der Waals surface area contributed by atoms with E-state index in [2.05, 4.69) is 4.98 Å². The predicted octanol–water partition coefficient (Wildman–Crippen LogP) is 3.22. The molecule has 0 spiro atoms. The van der Waals surface area contributed by atoms with Crippen molar-refractivity contribution in [1.82, 2.24) is 9.88 Å². The highest BCUT2D eigenvalue weighted by Crippen LogP contribution is 2.19. The number of nitrogens with one attached hydrogen (secondary N) is 1. The third-order valence-electron chi connectivity index (χ3n) is 4.54. The summed E-state index contributed by atoms with van der Waals surface area (Å²) in [6, 6.07) is 15.7. The summed E-state index contributed by atoms with van der Waals surface area (Å²) in [5.74, 6) is -0.533. The van der Waals surface area contributed by atoms with Gasteiger partial charge in [-0.1, -0.05) is 42.5 Å². The summed E-state index contributed by atoms with van der Waals surface area (Å²) in [4.78, 5) is 29.5. The van der Waals surface area contributed by atoms with E-state index < -0.39 is 5.97 Å². The van der Waals surface area contributed by atoms with Crippen molar-refractivity contribution in [3.05, 3.63) is 71.4 Å². The van der Waals surface area contributed by atoms with Crippen molar-refractivity contribution < 1.29 is 14.3 Å². The van der Waals surface area contributed by atoms with E-state index in [1.807, 2.05) is 61.7 Å². The van der Waals surface area contributed by atoms with Crippen molar-refractivity contribution in [2.75, 3.05) is 13.7 Å². The van der Waals surface area contributed by atoms with Crippen molar-refractivity contribution >= 4 is 22.8 Å². The van der Waals surface area contributed by atoms with Crippen molar-refractivity contribution in [3.63, 3.8) is 0 Å². The Labute approximate surface area is 152 Å². The zero-order valence-corrected chi connectivity index (χ0v) is 15.0. The number of hydrogen-bond donors (Lipinski definition) is 1. The molecule has 0 saturated carbocycles. The molecule has 0 bridgehead atoms. The summed E-state index contributed by atoms with van der Waals surface area (Å²) >= 11 is 0. The van der Waals surface area contributed by atoms with Gasteiger partial charge in [-0.2, -0.15) is 0 Å². The zero-order valence-electron chi connectivity index (χ0n) is 15.0. The minimum atomic E-state index is -0.425. The lowest BCUT2D eigenvalue weighted by molar-refractivity contribution is -0.147. The highest BCUT2D eigenvalue weighted by Gasteiger charge is 2.20. The average Bonchev–Trinajstić information content (AvgIpc) is 3.05. The van der Waals surface area contributed by atoms with E-state index in [0.29, 0.717) is 6.54 Å². The number of fused-ring (bicyclic) bond motifs is 1. The van der Waals surface area contributed by atoms with E-state index in [0.717, 1.165) is 27.6 Å². The second-order valence-corrected chi connectivity index (χ2v) is 6.29. The molecule has 5 heteroatoms. The number of benzene rings is 2. The first-order chi connectivity index (χ1) is 12.6. The molecule has 0 unspecified atom stereocenters. The van der Waals surface area contributed by atoms with Crippen LogP contribution in [-0.2, 0) is 27.3 Å². The number of amides is 1. The number of methoxy groups -OCH3 is 1. The molecule has 3 aromatic rings.